The number of hydrogen-bond acceptors (Lipinski definition) is 3. The van der Waals surface area contributed by atoms with Gasteiger partial charge in [0.15, 0.2) is 0 Å². The molecule has 3 amide bonds. The predicted molar refractivity (Wildman–Crippen MR) is 83.4 cm³/mol. The monoisotopic (exact) mass is 301 g/mol. The molecule has 1 heterocycles. The number of urea groups is 1. The van der Waals surface area contributed by atoms with Crippen LogP contribution in [0.5, 0.6) is 0 Å². The zero-order valence-electron chi connectivity index (χ0n) is 12.4. The van der Waals surface area contributed by atoms with E-state index in [1.165, 1.54) is 6.26 Å². The lowest BCUT2D eigenvalue weighted by molar-refractivity contribution is -0.115. The molecule has 0 saturated heterocycles. The van der Waals surface area contributed by atoms with Gasteiger partial charge in [-0.3, -0.25) is 4.79 Å². The highest BCUT2D eigenvalue weighted by molar-refractivity contribution is 5.94. The minimum Gasteiger partial charge on any atom is -0.467 e. The van der Waals surface area contributed by atoms with Gasteiger partial charge in [0.1, 0.15) is 5.76 Å². The predicted octanol–water partition coefficient (Wildman–Crippen LogP) is 2.28. The fraction of sp³-hybridized carbons (Fsp3) is 0.250. The SMILES string of the molecule is CCc1ccccc1NC(=O)CNC(=O)NCc1ccco1. The number of carbonyl (C=O) groups excluding carboxylic acids is 2. The van der Waals surface area contributed by atoms with Crippen molar-refractivity contribution < 1.29 is 14.0 Å². The lowest BCUT2D eigenvalue weighted by atomic mass is 10.1. The third-order valence-corrected chi connectivity index (χ3v) is 3.09. The molecule has 2 rings (SSSR count). The minimum absolute atomic E-state index is 0.0952. The van der Waals surface area contributed by atoms with Crippen molar-refractivity contribution in [1.82, 2.24) is 10.6 Å². The van der Waals surface area contributed by atoms with Gasteiger partial charge in [-0.05, 0) is 30.2 Å². The average molecular weight is 301 g/mol. The Hall–Kier alpha value is -2.76. The van der Waals surface area contributed by atoms with Crippen molar-refractivity contribution in [2.45, 2.75) is 19.9 Å². The molecule has 0 spiro atoms. The van der Waals surface area contributed by atoms with Crippen molar-refractivity contribution in [3.8, 4) is 0 Å². The Morgan fingerprint density at radius 2 is 1.91 bits per heavy atom. The highest BCUT2D eigenvalue weighted by Crippen LogP contribution is 2.14. The topological polar surface area (TPSA) is 83.4 Å². The van der Waals surface area contributed by atoms with E-state index in [-0.39, 0.29) is 19.0 Å². The Balaban J connectivity index is 1.74. The summed E-state index contributed by atoms with van der Waals surface area (Å²) >= 11 is 0. The van der Waals surface area contributed by atoms with E-state index in [2.05, 4.69) is 16.0 Å². The van der Waals surface area contributed by atoms with Gasteiger partial charge in [0.05, 0.1) is 19.4 Å². The molecule has 2 aromatic rings. The van der Waals surface area contributed by atoms with Crippen LogP contribution >= 0.6 is 0 Å². The summed E-state index contributed by atoms with van der Waals surface area (Å²) in [5, 5.41) is 7.89. The maximum Gasteiger partial charge on any atom is 0.315 e. The quantitative estimate of drug-likeness (QED) is 0.765. The number of amides is 3. The molecule has 1 aromatic heterocycles. The number of anilines is 1. The average Bonchev–Trinajstić information content (AvgIpc) is 3.05. The van der Waals surface area contributed by atoms with Crippen LogP contribution < -0.4 is 16.0 Å². The maximum atomic E-state index is 11.8. The van der Waals surface area contributed by atoms with Crippen molar-refractivity contribution in [1.29, 1.82) is 0 Å². The highest BCUT2D eigenvalue weighted by atomic mass is 16.3. The van der Waals surface area contributed by atoms with Crippen LogP contribution in [-0.2, 0) is 17.8 Å². The number of carbonyl (C=O) groups is 2. The van der Waals surface area contributed by atoms with Gasteiger partial charge in [0.2, 0.25) is 5.91 Å². The molecule has 0 fully saturated rings. The normalized spacial score (nSPS) is 10.0. The summed E-state index contributed by atoms with van der Waals surface area (Å²) < 4.78 is 5.09. The molecule has 0 bridgehead atoms. The molecule has 22 heavy (non-hydrogen) atoms. The number of nitrogens with one attached hydrogen (secondary N) is 3. The van der Waals surface area contributed by atoms with Crippen molar-refractivity contribution in [3.05, 3.63) is 54.0 Å². The summed E-state index contributed by atoms with van der Waals surface area (Å²) in [6, 6.07) is 10.7. The molecule has 0 unspecified atom stereocenters. The van der Waals surface area contributed by atoms with Gasteiger partial charge in [-0.25, -0.2) is 4.79 Å². The smallest absolute Gasteiger partial charge is 0.315 e. The number of hydrogen-bond donors (Lipinski definition) is 3. The zero-order chi connectivity index (χ0) is 15.8. The van der Waals surface area contributed by atoms with Gasteiger partial charge in [0.25, 0.3) is 0 Å². The van der Waals surface area contributed by atoms with Gasteiger partial charge < -0.3 is 20.4 Å². The number of aryl methyl sites for hydroxylation is 1. The Bertz CT molecular complexity index is 623. The van der Waals surface area contributed by atoms with Crippen LogP contribution in [-0.4, -0.2) is 18.5 Å². The van der Waals surface area contributed by atoms with Gasteiger partial charge in [-0.1, -0.05) is 25.1 Å². The van der Waals surface area contributed by atoms with E-state index in [1.54, 1.807) is 12.1 Å². The molecular formula is C16H19N3O3. The first-order chi connectivity index (χ1) is 10.7. The first-order valence-corrected chi connectivity index (χ1v) is 7.11. The molecule has 0 atom stereocenters. The molecule has 6 heteroatoms. The van der Waals surface area contributed by atoms with E-state index in [0.717, 1.165) is 17.7 Å². The molecule has 0 aliphatic carbocycles. The number of para-hydroxylation sites is 1. The second-order valence-corrected chi connectivity index (χ2v) is 4.67. The Kier molecular flexibility index (Phi) is 5.59. The second kappa shape index (κ2) is 7.87. The molecular weight excluding hydrogens is 282 g/mol. The standard InChI is InChI=1S/C16H19N3O3/c1-2-12-6-3-4-8-14(12)19-15(20)11-18-16(21)17-10-13-7-5-9-22-13/h3-9H,2,10-11H2,1H3,(H,19,20)(H2,17,18,21). The van der Waals surface area contributed by atoms with Gasteiger partial charge in [-0.15, -0.1) is 0 Å². The van der Waals surface area contributed by atoms with Gasteiger partial charge in [-0.2, -0.15) is 0 Å². The van der Waals surface area contributed by atoms with E-state index in [0.29, 0.717) is 5.76 Å². The minimum atomic E-state index is -0.421. The molecule has 0 aliphatic rings. The summed E-state index contributed by atoms with van der Waals surface area (Å²) in [6.07, 6.45) is 2.36. The van der Waals surface area contributed by atoms with Crippen LogP contribution in [0.2, 0.25) is 0 Å². The summed E-state index contributed by atoms with van der Waals surface area (Å²) in [6.45, 7) is 2.20. The highest BCUT2D eigenvalue weighted by Gasteiger charge is 2.08. The third kappa shape index (κ3) is 4.66. The number of benzene rings is 1. The summed E-state index contributed by atoms with van der Waals surface area (Å²) in [7, 11) is 0. The van der Waals surface area contributed by atoms with Crippen molar-refractivity contribution in [3.63, 3.8) is 0 Å². The van der Waals surface area contributed by atoms with Crippen LogP contribution in [0.4, 0.5) is 10.5 Å². The van der Waals surface area contributed by atoms with Crippen LogP contribution in [0.15, 0.2) is 47.1 Å². The summed E-state index contributed by atoms with van der Waals surface area (Å²) in [5.41, 5.74) is 1.82. The van der Waals surface area contributed by atoms with Crippen molar-refractivity contribution in [2.75, 3.05) is 11.9 Å². The third-order valence-electron chi connectivity index (χ3n) is 3.09. The van der Waals surface area contributed by atoms with Crippen LogP contribution in [0.1, 0.15) is 18.2 Å². The largest absolute Gasteiger partial charge is 0.467 e. The molecule has 0 saturated carbocycles. The van der Waals surface area contributed by atoms with Crippen molar-refractivity contribution in [2.24, 2.45) is 0 Å². The van der Waals surface area contributed by atoms with Crippen LogP contribution in [0, 0.1) is 0 Å². The first-order valence-electron chi connectivity index (χ1n) is 7.11. The molecule has 1 aromatic carbocycles. The Morgan fingerprint density at radius 1 is 1.09 bits per heavy atom. The fourth-order valence-electron chi connectivity index (χ4n) is 1.95. The maximum absolute atomic E-state index is 11.8. The number of rotatable bonds is 6. The van der Waals surface area contributed by atoms with E-state index >= 15 is 0 Å². The van der Waals surface area contributed by atoms with E-state index < -0.39 is 6.03 Å². The molecule has 116 valence electrons. The van der Waals surface area contributed by atoms with Gasteiger partial charge >= 0.3 is 6.03 Å². The molecule has 0 aliphatic heterocycles. The lowest BCUT2D eigenvalue weighted by Crippen LogP contribution is -2.39. The second-order valence-electron chi connectivity index (χ2n) is 4.67. The van der Waals surface area contributed by atoms with E-state index in [1.807, 2.05) is 31.2 Å². The van der Waals surface area contributed by atoms with Crippen LogP contribution in [0.25, 0.3) is 0 Å². The van der Waals surface area contributed by atoms with Gasteiger partial charge in [0, 0.05) is 5.69 Å². The first kappa shape index (κ1) is 15.6. The molecule has 0 radical (unpaired) electrons. The lowest BCUT2D eigenvalue weighted by Gasteiger charge is -2.10. The summed E-state index contributed by atoms with van der Waals surface area (Å²) in [4.78, 5) is 23.4. The fourth-order valence-corrected chi connectivity index (χ4v) is 1.95. The van der Waals surface area contributed by atoms with E-state index in [9.17, 15) is 9.59 Å². The Morgan fingerprint density at radius 3 is 2.64 bits per heavy atom. The van der Waals surface area contributed by atoms with Crippen LogP contribution in [0.3, 0.4) is 0 Å². The Labute approximate surface area is 128 Å². The van der Waals surface area contributed by atoms with E-state index in [4.69, 9.17) is 4.42 Å². The summed E-state index contributed by atoms with van der Waals surface area (Å²) in [5.74, 6) is 0.380. The molecule has 6 nitrogen and oxygen atoms in total. The number of furan rings is 1. The van der Waals surface area contributed by atoms with Crippen molar-refractivity contribution >= 4 is 17.6 Å². The zero-order valence-corrected chi connectivity index (χ0v) is 12.4. The molecule has 3 N–H and O–H groups in total.